The van der Waals surface area contributed by atoms with E-state index in [1.54, 1.807) is 30.5 Å². The first-order valence-corrected chi connectivity index (χ1v) is 12.9. The van der Waals surface area contributed by atoms with Crippen LogP contribution in [0.25, 0.3) is 6.08 Å². The van der Waals surface area contributed by atoms with E-state index in [1.165, 1.54) is 35.6 Å². The molecule has 1 fully saturated rings. The number of nitrogens with zero attached hydrogens (tertiary/aromatic N) is 2. The fourth-order valence-electron chi connectivity index (χ4n) is 3.62. The van der Waals surface area contributed by atoms with Gasteiger partial charge in [0.25, 0.3) is 11.8 Å². The third-order valence-electron chi connectivity index (χ3n) is 5.50. The minimum Gasteiger partial charge on any atom is -0.508 e. The summed E-state index contributed by atoms with van der Waals surface area (Å²) in [7, 11) is 0. The van der Waals surface area contributed by atoms with Crippen LogP contribution in [0.15, 0.2) is 58.8 Å². The Morgan fingerprint density at radius 3 is 2.62 bits per heavy atom. The van der Waals surface area contributed by atoms with Crippen LogP contribution < -0.4 is 20.9 Å². The Bertz CT molecular complexity index is 1350. The normalized spacial score (nSPS) is 13.8. The van der Waals surface area contributed by atoms with Crippen LogP contribution in [0.2, 0.25) is 0 Å². The minimum absolute atomic E-state index is 0.106. The summed E-state index contributed by atoms with van der Waals surface area (Å²) in [5.74, 6) is -2.19. The van der Waals surface area contributed by atoms with Crippen molar-refractivity contribution in [3.8, 4) is 5.75 Å². The van der Waals surface area contributed by atoms with Gasteiger partial charge in [0.15, 0.2) is 5.13 Å². The van der Waals surface area contributed by atoms with Crippen LogP contribution in [0, 0.1) is 0 Å². The number of halogens is 1. The lowest BCUT2D eigenvalue weighted by atomic mass is 10.1. The number of anilines is 1. The Kier molecular flexibility index (Phi) is 8.54. The van der Waals surface area contributed by atoms with E-state index in [0.29, 0.717) is 14.9 Å². The van der Waals surface area contributed by atoms with Crippen LogP contribution in [0.4, 0.5) is 5.13 Å². The highest BCUT2D eigenvalue weighted by Crippen LogP contribution is 2.25. The predicted octanol–water partition coefficient (Wildman–Crippen LogP) is 2.81. The number of carboxylic acid groups (broad SMARTS) is 1. The van der Waals surface area contributed by atoms with Crippen LogP contribution in [0.5, 0.6) is 5.75 Å². The van der Waals surface area contributed by atoms with E-state index >= 15 is 0 Å². The largest absolute Gasteiger partial charge is 0.508 e. The van der Waals surface area contributed by atoms with Gasteiger partial charge in [-0.1, -0.05) is 23.5 Å². The van der Waals surface area contributed by atoms with Gasteiger partial charge in [0.05, 0.1) is 10.4 Å². The lowest BCUT2D eigenvalue weighted by Crippen LogP contribution is -2.43. The average molecular weight is 586 g/mol. The SMILES string of the molecule is O=C(O)/C(=C/c1cnc(N2CCNCC2)s1)NC(=O)c1ccc(C(=O)NCc2cccc(O)c2)cc1Br. The third-order valence-corrected chi connectivity index (χ3v) is 7.16. The minimum atomic E-state index is -1.29. The first kappa shape index (κ1) is 26.3. The fourth-order valence-corrected chi connectivity index (χ4v) is 5.09. The number of hydrogen-bond acceptors (Lipinski definition) is 8. The van der Waals surface area contributed by atoms with Gasteiger partial charge in [0.2, 0.25) is 0 Å². The number of aromatic nitrogens is 1. The molecule has 2 heterocycles. The molecule has 0 aliphatic carbocycles. The molecule has 0 saturated carbocycles. The number of rotatable bonds is 8. The molecule has 2 amide bonds. The maximum atomic E-state index is 12.9. The first-order chi connectivity index (χ1) is 17.8. The molecule has 192 valence electrons. The van der Waals surface area contributed by atoms with Gasteiger partial charge in [-0.15, -0.1) is 0 Å². The summed E-state index contributed by atoms with van der Waals surface area (Å²) in [4.78, 5) is 44.3. The zero-order chi connectivity index (χ0) is 26.4. The van der Waals surface area contributed by atoms with Crippen LogP contribution in [0.1, 0.15) is 31.2 Å². The first-order valence-electron chi connectivity index (χ1n) is 11.3. The molecule has 10 nitrogen and oxygen atoms in total. The number of aliphatic carboxylic acids is 1. The Morgan fingerprint density at radius 1 is 1.14 bits per heavy atom. The van der Waals surface area contributed by atoms with Gasteiger partial charge in [-0.2, -0.15) is 0 Å². The van der Waals surface area contributed by atoms with E-state index in [2.05, 4.69) is 41.8 Å². The van der Waals surface area contributed by atoms with Gasteiger partial charge in [0, 0.05) is 49.0 Å². The summed E-state index contributed by atoms with van der Waals surface area (Å²) in [5.41, 5.74) is 0.919. The van der Waals surface area contributed by atoms with Crippen LogP contribution in [-0.4, -0.2) is 59.2 Å². The quantitative estimate of drug-likeness (QED) is 0.254. The summed E-state index contributed by atoms with van der Waals surface area (Å²) in [5, 5.41) is 28.4. The molecule has 0 unspecified atom stereocenters. The monoisotopic (exact) mass is 585 g/mol. The fraction of sp³-hybridized carbons (Fsp3) is 0.200. The molecule has 2 aromatic carbocycles. The van der Waals surface area contributed by atoms with Crippen LogP contribution in [0.3, 0.4) is 0 Å². The number of phenols is 1. The van der Waals surface area contributed by atoms with Crippen molar-refractivity contribution in [2.75, 3.05) is 31.1 Å². The molecule has 0 atom stereocenters. The predicted molar refractivity (Wildman–Crippen MR) is 144 cm³/mol. The van der Waals surface area contributed by atoms with Gasteiger partial charge >= 0.3 is 5.97 Å². The molecule has 3 aromatic rings. The highest BCUT2D eigenvalue weighted by molar-refractivity contribution is 9.10. The molecular formula is C25H24BrN5O5S. The Balaban J connectivity index is 1.42. The summed E-state index contributed by atoms with van der Waals surface area (Å²) in [6.45, 7) is 3.56. The summed E-state index contributed by atoms with van der Waals surface area (Å²) in [6, 6.07) is 11.0. The van der Waals surface area contributed by atoms with Gasteiger partial charge in [0.1, 0.15) is 11.4 Å². The van der Waals surface area contributed by atoms with Crippen molar-refractivity contribution in [2.45, 2.75) is 6.54 Å². The topological polar surface area (TPSA) is 144 Å². The molecule has 1 saturated heterocycles. The van der Waals surface area contributed by atoms with Crippen molar-refractivity contribution in [3.63, 3.8) is 0 Å². The summed E-state index contributed by atoms with van der Waals surface area (Å²) < 4.78 is 0.332. The molecule has 0 spiro atoms. The van der Waals surface area contributed by atoms with E-state index in [-0.39, 0.29) is 29.5 Å². The standard InChI is InChI=1S/C25H24BrN5O5S/c26-20-11-16(22(33)28-13-15-2-1-3-17(32)10-15)4-5-19(20)23(34)30-21(24(35)36)12-18-14-29-25(37-18)31-8-6-27-7-9-31/h1-5,10-12,14,27,32H,6-9,13H2,(H,28,33)(H,30,34)(H,35,36)/b21-12-. The zero-order valence-electron chi connectivity index (χ0n) is 19.5. The Labute approximate surface area is 225 Å². The van der Waals surface area contributed by atoms with Crippen molar-refractivity contribution in [2.24, 2.45) is 0 Å². The molecule has 4 rings (SSSR count). The number of hydrogen-bond donors (Lipinski definition) is 5. The number of amides is 2. The van der Waals surface area contributed by atoms with Crippen molar-refractivity contribution in [1.29, 1.82) is 0 Å². The molecule has 1 aliphatic heterocycles. The second-order valence-electron chi connectivity index (χ2n) is 8.15. The maximum absolute atomic E-state index is 12.9. The van der Waals surface area contributed by atoms with Gasteiger partial charge < -0.3 is 31.1 Å². The molecule has 0 bridgehead atoms. The van der Waals surface area contributed by atoms with Crippen molar-refractivity contribution >= 4 is 56.3 Å². The lowest BCUT2D eigenvalue weighted by Gasteiger charge is -2.26. The van der Waals surface area contributed by atoms with E-state index in [1.807, 2.05) is 0 Å². The number of nitrogens with one attached hydrogen (secondary N) is 3. The van der Waals surface area contributed by atoms with E-state index in [4.69, 9.17) is 0 Å². The van der Waals surface area contributed by atoms with Gasteiger partial charge in [-0.25, -0.2) is 9.78 Å². The van der Waals surface area contributed by atoms with Crippen molar-refractivity contribution in [3.05, 3.63) is 80.4 Å². The van der Waals surface area contributed by atoms with E-state index in [0.717, 1.165) is 36.9 Å². The molecule has 12 heteroatoms. The molecule has 5 N–H and O–H groups in total. The number of phenolic OH excluding ortho intramolecular Hbond substituents is 1. The lowest BCUT2D eigenvalue weighted by molar-refractivity contribution is -0.132. The van der Waals surface area contributed by atoms with Crippen molar-refractivity contribution < 1.29 is 24.6 Å². The van der Waals surface area contributed by atoms with E-state index < -0.39 is 11.9 Å². The molecule has 0 radical (unpaired) electrons. The number of benzene rings is 2. The highest BCUT2D eigenvalue weighted by atomic mass is 79.9. The average Bonchev–Trinajstić information content (AvgIpc) is 3.36. The zero-order valence-corrected chi connectivity index (χ0v) is 21.9. The highest BCUT2D eigenvalue weighted by Gasteiger charge is 2.19. The number of carboxylic acids is 1. The summed E-state index contributed by atoms with van der Waals surface area (Å²) in [6.07, 6.45) is 2.96. The molecule has 1 aromatic heterocycles. The number of thiazole rings is 1. The van der Waals surface area contributed by atoms with Crippen LogP contribution >= 0.6 is 27.3 Å². The second kappa shape index (κ2) is 12.0. The second-order valence-corrected chi connectivity index (χ2v) is 10.0. The molecular weight excluding hydrogens is 562 g/mol. The number of carbonyl (C=O) groups is 3. The smallest absolute Gasteiger partial charge is 0.352 e. The van der Waals surface area contributed by atoms with Gasteiger partial charge in [-0.05, 0) is 57.9 Å². The van der Waals surface area contributed by atoms with E-state index in [9.17, 15) is 24.6 Å². The number of aromatic hydroxyl groups is 1. The number of carbonyl (C=O) groups excluding carboxylic acids is 2. The Hall–Kier alpha value is -3.74. The van der Waals surface area contributed by atoms with Crippen LogP contribution in [-0.2, 0) is 11.3 Å². The number of piperazine rings is 1. The molecule has 1 aliphatic rings. The van der Waals surface area contributed by atoms with Crippen molar-refractivity contribution in [1.82, 2.24) is 20.9 Å². The third kappa shape index (κ3) is 6.94. The van der Waals surface area contributed by atoms with Gasteiger partial charge in [-0.3, -0.25) is 9.59 Å². The Morgan fingerprint density at radius 2 is 1.92 bits per heavy atom. The maximum Gasteiger partial charge on any atom is 0.352 e. The summed E-state index contributed by atoms with van der Waals surface area (Å²) >= 11 is 4.65. The molecule has 37 heavy (non-hydrogen) atoms.